The molecule has 1 saturated heterocycles. The van der Waals surface area contributed by atoms with E-state index in [1.807, 2.05) is 0 Å². The molecule has 1 aliphatic rings. The third-order valence-corrected chi connectivity index (χ3v) is 10.4. The van der Waals surface area contributed by atoms with Crippen LogP contribution in [0.25, 0.3) is 0 Å². The van der Waals surface area contributed by atoms with Crippen molar-refractivity contribution in [2.75, 3.05) is 18.0 Å². The monoisotopic (exact) mass is 571 g/mol. The Bertz CT molecular complexity index is 1290. The molecule has 3 heteroatoms. The summed E-state index contributed by atoms with van der Waals surface area (Å²) in [6, 6.07) is 22.8. The maximum Gasteiger partial charge on any atom is 0.127 e. The van der Waals surface area contributed by atoms with Gasteiger partial charge < -0.3 is 9.64 Å². The van der Waals surface area contributed by atoms with Crippen molar-refractivity contribution in [1.29, 1.82) is 0 Å². The molecule has 1 fully saturated rings. The van der Waals surface area contributed by atoms with Crippen LogP contribution >= 0.6 is 8.58 Å². The lowest BCUT2D eigenvalue weighted by Gasteiger charge is -2.38. The van der Waals surface area contributed by atoms with Gasteiger partial charge in [0.05, 0.1) is 0 Å². The van der Waals surface area contributed by atoms with E-state index in [-0.39, 0.29) is 16.0 Å². The average molecular weight is 572 g/mol. The van der Waals surface area contributed by atoms with Gasteiger partial charge in [-0.1, -0.05) is 125 Å². The summed E-state index contributed by atoms with van der Waals surface area (Å²) >= 11 is 0. The highest BCUT2D eigenvalue weighted by Gasteiger charge is 2.36. The second kappa shape index (κ2) is 12.9. The predicted molar refractivity (Wildman–Crippen MR) is 182 cm³/mol. The molecule has 0 radical (unpaired) electrons. The van der Waals surface area contributed by atoms with Crippen molar-refractivity contribution in [2.45, 2.75) is 117 Å². The maximum atomic E-state index is 6.94. The van der Waals surface area contributed by atoms with E-state index in [4.69, 9.17) is 4.74 Å². The molecule has 0 aliphatic carbocycles. The third kappa shape index (κ3) is 7.75. The minimum Gasteiger partial charge on any atom is -0.488 e. The number of anilines is 1. The van der Waals surface area contributed by atoms with Crippen molar-refractivity contribution in [3.05, 3.63) is 88.5 Å². The van der Waals surface area contributed by atoms with E-state index in [1.54, 1.807) is 0 Å². The van der Waals surface area contributed by atoms with E-state index in [0.29, 0.717) is 15.2 Å². The molecule has 0 spiro atoms. The van der Waals surface area contributed by atoms with Gasteiger partial charge in [0.15, 0.2) is 0 Å². The zero-order valence-electron chi connectivity index (χ0n) is 27.3. The molecule has 0 bridgehead atoms. The Morgan fingerprint density at radius 2 is 1.44 bits per heavy atom. The fourth-order valence-corrected chi connectivity index (χ4v) is 7.93. The van der Waals surface area contributed by atoms with Crippen LogP contribution in [0.15, 0.2) is 60.7 Å². The number of hydrogen-bond acceptors (Lipinski definition) is 2. The van der Waals surface area contributed by atoms with Crippen molar-refractivity contribution in [3.8, 4) is 5.75 Å². The Balaban J connectivity index is 1.90. The Hall–Kier alpha value is -2.31. The normalized spacial score (nSPS) is 16.3. The Morgan fingerprint density at radius 1 is 0.780 bits per heavy atom. The van der Waals surface area contributed by atoms with E-state index in [1.165, 1.54) is 71.2 Å². The fraction of sp³-hybridized carbons (Fsp3) is 0.526. The highest BCUT2D eigenvalue weighted by atomic mass is 31.1. The van der Waals surface area contributed by atoms with Gasteiger partial charge in [0, 0.05) is 35.1 Å². The van der Waals surface area contributed by atoms with Crippen LogP contribution in [0, 0.1) is 6.92 Å². The second-order valence-electron chi connectivity index (χ2n) is 14.5. The highest BCUT2D eigenvalue weighted by Crippen LogP contribution is 2.52. The van der Waals surface area contributed by atoms with Gasteiger partial charge in [-0.05, 0) is 71.5 Å². The summed E-state index contributed by atoms with van der Waals surface area (Å²) in [7, 11) is 0.658. The first kappa shape index (κ1) is 31.6. The van der Waals surface area contributed by atoms with Gasteiger partial charge in [0.2, 0.25) is 0 Å². The van der Waals surface area contributed by atoms with Gasteiger partial charge in [-0.3, -0.25) is 0 Å². The second-order valence-corrected chi connectivity index (χ2v) is 16.3. The maximum absolute atomic E-state index is 6.94. The Kier molecular flexibility index (Phi) is 9.96. The molecule has 0 N–H and O–H groups in total. The first-order chi connectivity index (χ1) is 19.3. The van der Waals surface area contributed by atoms with Crippen molar-refractivity contribution >= 4 is 19.6 Å². The number of ether oxygens (including phenoxy) is 1. The summed E-state index contributed by atoms with van der Waals surface area (Å²) in [4.78, 5) is 2.66. The molecule has 2 unspecified atom stereocenters. The standard InChI is InChI=1S/C38H54NOP/c1-10-21-38(9,41-34-20-19-28(2)24-33(34)39-22-15-12-16-23-39)32-26-30(36(3,4)5)25-31(37(6,7)8)35(32)40-27-29-17-13-11-14-18-29/h11,13-14,17-20,24-26,41H,10,12,15-16,21-23,27H2,1-9H3. The van der Waals surface area contributed by atoms with Crippen molar-refractivity contribution in [1.82, 2.24) is 0 Å². The van der Waals surface area contributed by atoms with Gasteiger partial charge in [-0.25, -0.2) is 0 Å². The molecule has 1 heterocycles. The molecule has 3 aromatic rings. The summed E-state index contributed by atoms with van der Waals surface area (Å²) in [5.74, 6) is 1.10. The van der Waals surface area contributed by atoms with Crippen LogP contribution < -0.4 is 14.9 Å². The number of aryl methyl sites for hydroxylation is 1. The quantitative estimate of drug-likeness (QED) is 0.237. The molecule has 0 aromatic heterocycles. The van der Waals surface area contributed by atoms with Crippen LogP contribution in [0.4, 0.5) is 5.69 Å². The summed E-state index contributed by atoms with van der Waals surface area (Å²) in [6.07, 6.45) is 6.20. The SMILES string of the molecule is CCCC(C)(Pc1ccc(C)cc1N1CCCCC1)c1cc(C(C)(C)C)cc(C(C)(C)C)c1OCc1ccccc1. The van der Waals surface area contributed by atoms with Crippen molar-refractivity contribution < 1.29 is 4.74 Å². The van der Waals surface area contributed by atoms with Crippen LogP contribution in [0.3, 0.4) is 0 Å². The van der Waals surface area contributed by atoms with E-state index < -0.39 is 0 Å². The summed E-state index contributed by atoms with van der Waals surface area (Å²) < 4.78 is 6.94. The van der Waals surface area contributed by atoms with E-state index in [2.05, 4.69) is 128 Å². The Morgan fingerprint density at radius 3 is 2.05 bits per heavy atom. The zero-order chi connectivity index (χ0) is 29.8. The largest absolute Gasteiger partial charge is 0.488 e. The van der Waals surface area contributed by atoms with E-state index >= 15 is 0 Å². The van der Waals surface area contributed by atoms with Gasteiger partial charge >= 0.3 is 0 Å². The molecule has 222 valence electrons. The lowest BCUT2D eigenvalue weighted by Crippen LogP contribution is -2.33. The molecule has 0 amide bonds. The fourth-order valence-electron chi connectivity index (χ4n) is 6.12. The van der Waals surface area contributed by atoms with Crippen LogP contribution in [0.2, 0.25) is 0 Å². The molecule has 3 aromatic carbocycles. The topological polar surface area (TPSA) is 12.5 Å². The molecule has 4 rings (SSSR count). The smallest absolute Gasteiger partial charge is 0.127 e. The third-order valence-electron chi connectivity index (χ3n) is 8.59. The van der Waals surface area contributed by atoms with Crippen molar-refractivity contribution in [3.63, 3.8) is 0 Å². The van der Waals surface area contributed by atoms with Crippen molar-refractivity contribution in [2.24, 2.45) is 0 Å². The highest BCUT2D eigenvalue weighted by molar-refractivity contribution is 7.49. The van der Waals surface area contributed by atoms with Gasteiger partial charge in [0.1, 0.15) is 12.4 Å². The lowest BCUT2D eigenvalue weighted by molar-refractivity contribution is 0.290. The first-order valence-electron chi connectivity index (χ1n) is 15.8. The minimum atomic E-state index is -0.0406. The Labute approximate surface area is 253 Å². The predicted octanol–water partition coefficient (Wildman–Crippen LogP) is 10.2. The molecule has 41 heavy (non-hydrogen) atoms. The number of nitrogens with zero attached hydrogens (tertiary/aromatic N) is 1. The number of benzene rings is 3. The molecule has 1 aliphatic heterocycles. The lowest BCUT2D eigenvalue weighted by atomic mass is 9.77. The average Bonchev–Trinajstić information content (AvgIpc) is 2.92. The van der Waals surface area contributed by atoms with E-state index in [0.717, 1.165) is 18.6 Å². The molecular formula is C38H54NOP. The number of hydrogen-bond donors (Lipinski definition) is 0. The number of piperidine rings is 1. The summed E-state index contributed by atoms with van der Waals surface area (Å²) in [5, 5.41) is 1.46. The minimum absolute atomic E-state index is 0.0399. The zero-order valence-corrected chi connectivity index (χ0v) is 28.3. The van der Waals surface area contributed by atoms with Crippen LogP contribution in [-0.4, -0.2) is 13.1 Å². The number of rotatable bonds is 9. The van der Waals surface area contributed by atoms with Gasteiger partial charge in [0.25, 0.3) is 0 Å². The molecule has 2 nitrogen and oxygen atoms in total. The van der Waals surface area contributed by atoms with E-state index in [9.17, 15) is 0 Å². The molecule has 0 saturated carbocycles. The summed E-state index contributed by atoms with van der Waals surface area (Å²) in [5.41, 5.74) is 8.14. The first-order valence-corrected chi connectivity index (χ1v) is 16.8. The van der Waals surface area contributed by atoms with Gasteiger partial charge in [-0.15, -0.1) is 0 Å². The molecule has 2 atom stereocenters. The van der Waals surface area contributed by atoms with Crippen LogP contribution in [0.1, 0.15) is 115 Å². The summed E-state index contributed by atoms with van der Waals surface area (Å²) in [6.45, 7) is 24.1. The van der Waals surface area contributed by atoms with Crippen LogP contribution in [0.5, 0.6) is 5.75 Å². The van der Waals surface area contributed by atoms with Crippen LogP contribution in [-0.2, 0) is 22.6 Å². The van der Waals surface area contributed by atoms with Gasteiger partial charge in [-0.2, -0.15) is 0 Å². The molecular weight excluding hydrogens is 517 g/mol.